The average Bonchev–Trinajstić information content (AvgIpc) is 2.94. The molecule has 4 amide bonds. The molecular weight excluding hydrogens is 266 g/mol. The van der Waals surface area contributed by atoms with Gasteiger partial charge in [-0.25, -0.2) is 4.79 Å². The molecule has 1 aliphatic heterocycles. The molecule has 2 rings (SSSR count). The van der Waals surface area contributed by atoms with Gasteiger partial charge in [0.2, 0.25) is 5.91 Å². The number of carbonyl (C=O) groups is 3. The number of hydrogen-bond donors (Lipinski definition) is 3. The van der Waals surface area contributed by atoms with E-state index in [1.807, 2.05) is 0 Å². The molecule has 1 fully saturated rings. The summed E-state index contributed by atoms with van der Waals surface area (Å²) in [5.74, 6) is -0.289. The van der Waals surface area contributed by atoms with Crippen LogP contribution >= 0.6 is 0 Å². The van der Waals surface area contributed by atoms with Crippen LogP contribution in [0.2, 0.25) is 0 Å². The summed E-state index contributed by atoms with van der Waals surface area (Å²) < 4.78 is 0. The zero-order valence-corrected chi connectivity index (χ0v) is 11.1. The summed E-state index contributed by atoms with van der Waals surface area (Å²) >= 11 is 0. The highest BCUT2D eigenvalue weighted by atomic mass is 16.2. The maximum Gasteiger partial charge on any atom is 0.325 e. The predicted molar refractivity (Wildman–Crippen MR) is 65.0 cm³/mol. The van der Waals surface area contributed by atoms with Crippen molar-refractivity contribution in [1.82, 2.24) is 36.2 Å². The fraction of sp³-hybridized carbons (Fsp3) is 0.600. The Hall–Kier alpha value is -2.52. The molecule has 108 valence electrons. The van der Waals surface area contributed by atoms with E-state index < -0.39 is 11.6 Å². The van der Waals surface area contributed by atoms with Crippen LogP contribution in [0, 0.1) is 0 Å². The summed E-state index contributed by atoms with van der Waals surface area (Å²) in [4.78, 5) is 36.1. The van der Waals surface area contributed by atoms with Crippen molar-refractivity contribution in [2.75, 3.05) is 6.54 Å². The molecule has 1 aromatic rings. The first-order valence-corrected chi connectivity index (χ1v) is 6.03. The van der Waals surface area contributed by atoms with Gasteiger partial charge in [0.15, 0.2) is 5.82 Å². The molecule has 0 aromatic carbocycles. The molecule has 0 unspecified atom stereocenters. The van der Waals surface area contributed by atoms with Crippen LogP contribution in [0.5, 0.6) is 0 Å². The Morgan fingerprint density at radius 3 is 2.70 bits per heavy atom. The fourth-order valence-electron chi connectivity index (χ4n) is 1.76. The number of imide groups is 1. The number of H-pyrrole nitrogens is 1. The van der Waals surface area contributed by atoms with Crippen molar-refractivity contribution in [1.29, 1.82) is 0 Å². The lowest BCUT2D eigenvalue weighted by molar-refractivity contribution is -0.130. The predicted octanol–water partition coefficient (Wildman–Crippen LogP) is -1.46. The van der Waals surface area contributed by atoms with Crippen LogP contribution < -0.4 is 10.6 Å². The number of rotatable bonds is 5. The van der Waals surface area contributed by atoms with E-state index in [2.05, 4.69) is 31.3 Å². The number of aromatic nitrogens is 4. The van der Waals surface area contributed by atoms with Gasteiger partial charge in [-0.3, -0.25) is 14.5 Å². The van der Waals surface area contributed by atoms with Gasteiger partial charge in [0.25, 0.3) is 5.91 Å². The number of aromatic amines is 1. The maximum absolute atomic E-state index is 11.9. The molecule has 10 heteroatoms. The Bertz CT molecular complexity index is 525. The second-order valence-electron chi connectivity index (χ2n) is 4.87. The topological polar surface area (TPSA) is 133 Å². The third kappa shape index (κ3) is 2.90. The Balaban J connectivity index is 1.79. The molecule has 1 aromatic heterocycles. The van der Waals surface area contributed by atoms with Gasteiger partial charge in [-0.1, -0.05) is 5.21 Å². The van der Waals surface area contributed by atoms with Crippen LogP contribution in [0.4, 0.5) is 4.79 Å². The molecule has 1 aliphatic rings. The van der Waals surface area contributed by atoms with E-state index in [4.69, 9.17) is 0 Å². The number of hydrogen-bond acceptors (Lipinski definition) is 6. The minimum Gasteiger partial charge on any atom is -0.349 e. The third-order valence-corrected chi connectivity index (χ3v) is 2.84. The lowest BCUT2D eigenvalue weighted by Gasteiger charge is -2.15. The van der Waals surface area contributed by atoms with Gasteiger partial charge in [-0.15, -0.1) is 10.2 Å². The molecule has 1 saturated heterocycles. The van der Waals surface area contributed by atoms with E-state index >= 15 is 0 Å². The molecule has 0 bridgehead atoms. The third-order valence-electron chi connectivity index (χ3n) is 2.84. The monoisotopic (exact) mass is 281 g/mol. The Morgan fingerprint density at radius 1 is 1.40 bits per heavy atom. The summed E-state index contributed by atoms with van der Waals surface area (Å²) in [6.45, 7) is 3.40. The van der Waals surface area contributed by atoms with Crippen molar-refractivity contribution >= 4 is 17.8 Å². The zero-order chi connectivity index (χ0) is 14.8. The lowest BCUT2D eigenvalue weighted by atomic mass is 10.1. The summed E-state index contributed by atoms with van der Waals surface area (Å²) in [6.07, 6.45) is 0.0209. The standard InChI is InChI=1S/C10H15N7O3/c1-10(2)8(19)17(9(20)12-10)4-3-7(18)11-5-6-13-15-16-14-6/h3-5H2,1-2H3,(H,11,18)(H,12,20)(H,13,14,15,16). The quantitative estimate of drug-likeness (QED) is 0.565. The fourth-order valence-corrected chi connectivity index (χ4v) is 1.76. The molecule has 0 radical (unpaired) electrons. The van der Waals surface area contributed by atoms with Crippen LogP contribution in [-0.2, 0) is 16.1 Å². The van der Waals surface area contributed by atoms with Crippen molar-refractivity contribution in [2.45, 2.75) is 32.4 Å². The van der Waals surface area contributed by atoms with Gasteiger partial charge in [-0.05, 0) is 13.8 Å². The summed E-state index contributed by atoms with van der Waals surface area (Å²) in [6, 6.07) is -0.481. The second kappa shape index (κ2) is 5.23. The smallest absolute Gasteiger partial charge is 0.325 e. The van der Waals surface area contributed by atoms with E-state index in [0.29, 0.717) is 5.82 Å². The van der Waals surface area contributed by atoms with Gasteiger partial charge in [0.1, 0.15) is 5.54 Å². The van der Waals surface area contributed by atoms with Gasteiger partial charge in [0.05, 0.1) is 6.54 Å². The van der Waals surface area contributed by atoms with Gasteiger partial charge in [-0.2, -0.15) is 5.21 Å². The summed E-state index contributed by atoms with van der Waals surface area (Å²) in [5.41, 5.74) is -0.918. The molecule has 0 atom stereocenters. The number of amides is 4. The minimum absolute atomic E-state index is 0.0209. The van der Waals surface area contributed by atoms with E-state index in [1.165, 1.54) is 0 Å². The van der Waals surface area contributed by atoms with Crippen LogP contribution in [-0.4, -0.2) is 55.5 Å². The van der Waals surface area contributed by atoms with Crippen molar-refractivity contribution in [3.63, 3.8) is 0 Å². The van der Waals surface area contributed by atoms with E-state index in [1.54, 1.807) is 13.8 Å². The first kappa shape index (κ1) is 13.9. The molecule has 2 heterocycles. The van der Waals surface area contributed by atoms with Gasteiger partial charge in [0, 0.05) is 13.0 Å². The second-order valence-corrected chi connectivity index (χ2v) is 4.87. The Labute approximate surface area is 114 Å². The molecule has 20 heavy (non-hydrogen) atoms. The highest BCUT2D eigenvalue weighted by molar-refractivity contribution is 6.06. The maximum atomic E-state index is 11.9. The highest BCUT2D eigenvalue weighted by Gasteiger charge is 2.43. The summed E-state index contributed by atoms with van der Waals surface area (Å²) in [7, 11) is 0. The van der Waals surface area contributed by atoms with E-state index in [-0.39, 0.29) is 31.3 Å². The Morgan fingerprint density at radius 2 is 2.15 bits per heavy atom. The number of carbonyl (C=O) groups excluding carboxylic acids is 3. The lowest BCUT2D eigenvalue weighted by Crippen LogP contribution is -2.40. The number of tetrazole rings is 1. The highest BCUT2D eigenvalue weighted by Crippen LogP contribution is 2.16. The first-order chi connectivity index (χ1) is 9.40. The number of urea groups is 1. The molecular formula is C10H15N7O3. The molecule has 0 saturated carbocycles. The summed E-state index contributed by atoms with van der Waals surface area (Å²) in [5, 5.41) is 18.1. The van der Waals surface area contributed by atoms with Crippen LogP contribution in [0.1, 0.15) is 26.1 Å². The van der Waals surface area contributed by atoms with Crippen molar-refractivity contribution in [3.05, 3.63) is 5.82 Å². The van der Waals surface area contributed by atoms with E-state index in [0.717, 1.165) is 4.90 Å². The van der Waals surface area contributed by atoms with Crippen LogP contribution in [0.15, 0.2) is 0 Å². The first-order valence-electron chi connectivity index (χ1n) is 6.03. The molecule has 0 spiro atoms. The van der Waals surface area contributed by atoms with Crippen molar-refractivity contribution in [2.24, 2.45) is 0 Å². The SMILES string of the molecule is CC1(C)NC(=O)N(CCC(=O)NCc2nn[nH]n2)C1=O. The van der Waals surface area contributed by atoms with Crippen molar-refractivity contribution in [3.8, 4) is 0 Å². The van der Waals surface area contributed by atoms with E-state index in [9.17, 15) is 14.4 Å². The Kier molecular flexibility index (Phi) is 3.63. The average molecular weight is 281 g/mol. The largest absolute Gasteiger partial charge is 0.349 e. The zero-order valence-electron chi connectivity index (χ0n) is 11.1. The van der Waals surface area contributed by atoms with Gasteiger partial charge >= 0.3 is 6.03 Å². The number of nitrogens with zero attached hydrogens (tertiary/aromatic N) is 4. The van der Waals surface area contributed by atoms with Crippen LogP contribution in [0.3, 0.4) is 0 Å². The molecule has 3 N–H and O–H groups in total. The van der Waals surface area contributed by atoms with Gasteiger partial charge < -0.3 is 10.6 Å². The normalized spacial score (nSPS) is 17.2. The molecule has 0 aliphatic carbocycles. The number of nitrogens with one attached hydrogen (secondary N) is 3. The molecule has 10 nitrogen and oxygen atoms in total. The van der Waals surface area contributed by atoms with Crippen LogP contribution in [0.25, 0.3) is 0 Å². The minimum atomic E-state index is -0.918. The van der Waals surface area contributed by atoms with Crippen molar-refractivity contribution < 1.29 is 14.4 Å².